The van der Waals surface area contributed by atoms with Crippen LogP contribution >= 0.6 is 0 Å². The summed E-state index contributed by atoms with van der Waals surface area (Å²) < 4.78 is 2.28. The second-order valence-electron chi connectivity index (χ2n) is 6.36. The summed E-state index contributed by atoms with van der Waals surface area (Å²) in [5, 5.41) is 0.322. The molecule has 2 rings (SSSR count). The van der Waals surface area contributed by atoms with Crippen LogP contribution in [0.2, 0.25) is 18.1 Å². The maximum absolute atomic E-state index is 4.88. The standard InChI is InChI=1S/C14H22N2Si/c1-14(2,3)17(5,6)13-15-11-9-7-8-10-12(11)16(13)4/h7-10H,1-6H3. The molecule has 0 aliphatic rings. The number of nitrogens with zero attached hydrogens (tertiary/aromatic N) is 2. The fraction of sp³-hybridized carbons (Fsp3) is 0.500. The van der Waals surface area contributed by atoms with Crippen LogP contribution in [0.3, 0.4) is 0 Å². The maximum Gasteiger partial charge on any atom is 0.131 e. The molecule has 0 spiro atoms. The molecule has 0 atom stereocenters. The van der Waals surface area contributed by atoms with Crippen molar-refractivity contribution in [3.05, 3.63) is 24.3 Å². The quantitative estimate of drug-likeness (QED) is 0.706. The van der Waals surface area contributed by atoms with E-state index in [9.17, 15) is 0 Å². The Morgan fingerprint density at radius 3 is 2.24 bits per heavy atom. The summed E-state index contributed by atoms with van der Waals surface area (Å²) in [4.78, 5) is 4.88. The van der Waals surface area contributed by atoms with Crippen molar-refractivity contribution in [2.75, 3.05) is 0 Å². The molecule has 0 unspecified atom stereocenters. The highest BCUT2D eigenvalue weighted by Crippen LogP contribution is 2.35. The van der Waals surface area contributed by atoms with Gasteiger partial charge in [0, 0.05) is 7.05 Å². The van der Waals surface area contributed by atoms with Gasteiger partial charge in [0.2, 0.25) is 0 Å². The smallest absolute Gasteiger partial charge is 0.131 e. The van der Waals surface area contributed by atoms with E-state index >= 15 is 0 Å². The van der Waals surface area contributed by atoms with Gasteiger partial charge >= 0.3 is 0 Å². The summed E-state index contributed by atoms with van der Waals surface area (Å²) >= 11 is 0. The summed E-state index contributed by atoms with van der Waals surface area (Å²) in [6.45, 7) is 11.8. The Balaban J connectivity index is 2.68. The first-order valence-corrected chi connectivity index (χ1v) is 9.17. The van der Waals surface area contributed by atoms with Gasteiger partial charge in [-0.3, -0.25) is 0 Å². The van der Waals surface area contributed by atoms with Crippen molar-refractivity contribution in [1.82, 2.24) is 9.55 Å². The molecule has 0 aliphatic carbocycles. The van der Waals surface area contributed by atoms with E-state index in [0.29, 0.717) is 5.04 Å². The Hall–Kier alpha value is -1.09. The summed E-state index contributed by atoms with van der Waals surface area (Å²) in [5.74, 6) is 0. The maximum atomic E-state index is 4.88. The van der Waals surface area contributed by atoms with Crippen LogP contribution in [0.15, 0.2) is 24.3 Å². The molecular formula is C14H22N2Si. The first kappa shape index (κ1) is 12.4. The first-order valence-electron chi connectivity index (χ1n) is 6.17. The Morgan fingerprint density at radius 2 is 1.71 bits per heavy atom. The molecule has 0 radical (unpaired) electrons. The van der Waals surface area contributed by atoms with Gasteiger partial charge in [0.05, 0.1) is 16.5 Å². The molecule has 0 aliphatic heterocycles. The Labute approximate surface area is 105 Å². The van der Waals surface area contributed by atoms with Crippen LogP contribution in [0.25, 0.3) is 11.0 Å². The van der Waals surface area contributed by atoms with Crippen LogP contribution in [-0.2, 0) is 7.05 Å². The summed E-state index contributed by atoms with van der Waals surface area (Å²) in [7, 11) is 0.587. The summed E-state index contributed by atoms with van der Waals surface area (Å²) in [5.41, 5.74) is 3.66. The highest BCUT2D eigenvalue weighted by molar-refractivity contribution is 6.91. The van der Waals surface area contributed by atoms with Crippen LogP contribution < -0.4 is 5.45 Å². The molecule has 17 heavy (non-hydrogen) atoms. The molecule has 0 saturated heterocycles. The average molecular weight is 246 g/mol. The third-order valence-electron chi connectivity index (χ3n) is 4.22. The topological polar surface area (TPSA) is 17.8 Å². The molecule has 0 saturated carbocycles. The van der Waals surface area contributed by atoms with E-state index in [1.807, 2.05) is 0 Å². The molecule has 1 aromatic carbocycles. The number of para-hydroxylation sites is 2. The van der Waals surface area contributed by atoms with Gasteiger partial charge in [-0.25, -0.2) is 4.98 Å². The van der Waals surface area contributed by atoms with Crippen LogP contribution in [0.5, 0.6) is 0 Å². The van der Waals surface area contributed by atoms with Crippen LogP contribution in [0.1, 0.15) is 20.8 Å². The third-order valence-corrected chi connectivity index (χ3v) is 9.54. The highest BCUT2D eigenvalue weighted by Gasteiger charge is 2.40. The zero-order valence-corrected chi connectivity index (χ0v) is 12.7. The molecule has 0 amide bonds. The van der Waals surface area contributed by atoms with Crippen LogP contribution in [-0.4, -0.2) is 17.6 Å². The SMILES string of the molecule is Cn1c([Si](C)(C)C(C)(C)C)nc2ccccc21. The lowest BCUT2D eigenvalue weighted by Crippen LogP contribution is -2.53. The van der Waals surface area contributed by atoms with Gasteiger partial charge < -0.3 is 4.57 Å². The number of aryl methyl sites for hydroxylation is 1. The minimum absolute atomic E-state index is 0.322. The Bertz CT molecular complexity index is 547. The highest BCUT2D eigenvalue weighted by atomic mass is 28.3. The second-order valence-corrected chi connectivity index (χ2v) is 11.6. The molecule has 2 aromatic rings. The van der Waals surface area contributed by atoms with Crippen molar-refractivity contribution in [2.45, 2.75) is 38.9 Å². The first-order chi connectivity index (χ1) is 7.75. The molecule has 0 bridgehead atoms. The van der Waals surface area contributed by atoms with Crippen molar-refractivity contribution in [3.63, 3.8) is 0 Å². The number of fused-ring (bicyclic) bond motifs is 1. The third kappa shape index (κ3) is 1.82. The van der Waals surface area contributed by atoms with Crippen molar-refractivity contribution < 1.29 is 0 Å². The monoisotopic (exact) mass is 246 g/mol. The normalized spacial score (nSPS) is 13.3. The molecule has 3 heteroatoms. The molecule has 1 aromatic heterocycles. The zero-order valence-electron chi connectivity index (χ0n) is 11.7. The van der Waals surface area contributed by atoms with E-state index < -0.39 is 8.07 Å². The lowest BCUT2D eigenvalue weighted by molar-refractivity contribution is 0.723. The molecule has 0 N–H and O–H groups in total. The van der Waals surface area contributed by atoms with Gasteiger partial charge in [-0.15, -0.1) is 0 Å². The fourth-order valence-electron chi connectivity index (χ4n) is 2.04. The largest absolute Gasteiger partial charge is 0.335 e. The van der Waals surface area contributed by atoms with E-state index in [4.69, 9.17) is 4.98 Å². The predicted molar refractivity (Wildman–Crippen MR) is 77.5 cm³/mol. The van der Waals surface area contributed by atoms with E-state index in [0.717, 1.165) is 5.52 Å². The minimum Gasteiger partial charge on any atom is -0.335 e. The van der Waals surface area contributed by atoms with E-state index in [1.165, 1.54) is 11.0 Å². The molecular weight excluding hydrogens is 224 g/mol. The van der Waals surface area contributed by atoms with Crippen molar-refractivity contribution in [3.8, 4) is 0 Å². The van der Waals surface area contributed by atoms with Crippen molar-refractivity contribution in [1.29, 1.82) is 0 Å². The van der Waals surface area contributed by atoms with Crippen LogP contribution in [0.4, 0.5) is 0 Å². The predicted octanol–water partition coefficient (Wildman–Crippen LogP) is 3.29. The van der Waals surface area contributed by atoms with Crippen molar-refractivity contribution >= 4 is 24.6 Å². The van der Waals surface area contributed by atoms with Gasteiger partial charge in [0.15, 0.2) is 0 Å². The van der Waals surface area contributed by atoms with Crippen molar-refractivity contribution in [2.24, 2.45) is 7.05 Å². The van der Waals surface area contributed by atoms with E-state index in [2.05, 4.69) is 69.7 Å². The Morgan fingerprint density at radius 1 is 1.12 bits per heavy atom. The Kier molecular flexibility index (Phi) is 2.69. The van der Waals surface area contributed by atoms with E-state index in [-0.39, 0.29) is 0 Å². The second kappa shape index (κ2) is 3.70. The zero-order chi connectivity index (χ0) is 12.8. The van der Waals surface area contributed by atoms with Crippen LogP contribution in [0, 0.1) is 0 Å². The number of hydrogen-bond acceptors (Lipinski definition) is 1. The average Bonchev–Trinajstić information content (AvgIpc) is 2.56. The van der Waals surface area contributed by atoms with Gasteiger partial charge in [-0.1, -0.05) is 46.0 Å². The molecule has 0 fully saturated rings. The number of aromatic nitrogens is 2. The number of imidazole rings is 1. The molecule has 1 heterocycles. The fourth-order valence-corrected chi connectivity index (χ4v) is 4.07. The van der Waals surface area contributed by atoms with Gasteiger partial charge in [-0.2, -0.15) is 0 Å². The minimum atomic E-state index is -1.56. The summed E-state index contributed by atoms with van der Waals surface area (Å²) in [6, 6.07) is 8.40. The lowest BCUT2D eigenvalue weighted by Gasteiger charge is -2.35. The lowest BCUT2D eigenvalue weighted by atomic mass is 10.2. The van der Waals surface area contributed by atoms with Gasteiger partial charge in [-0.05, 0) is 17.2 Å². The van der Waals surface area contributed by atoms with Gasteiger partial charge in [0.25, 0.3) is 0 Å². The number of rotatable bonds is 1. The van der Waals surface area contributed by atoms with E-state index in [1.54, 1.807) is 0 Å². The number of hydrogen-bond donors (Lipinski definition) is 0. The summed E-state index contributed by atoms with van der Waals surface area (Å²) in [6.07, 6.45) is 0. The van der Waals surface area contributed by atoms with Gasteiger partial charge in [0.1, 0.15) is 8.07 Å². The molecule has 2 nitrogen and oxygen atoms in total. The molecule has 92 valence electrons. The number of benzene rings is 1.